The minimum absolute atomic E-state index is 0.0227. The lowest BCUT2D eigenvalue weighted by Crippen LogP contribution is -2.28. The van der Waals surface area contributed by atoms with Gasteiger partial charge in [0.2, 0.25) is 13.1 Å². The van der Waals surface area contributed by atoms with E-state index < -0.39 is 55.9 Å². The summed E-state index contributed by atoms with van der Waals surface area (Å²) in [6.45, 7) is -0.465. The number of furan rings is 1. The molecule has 1 aromatic heterocycles. The Hall–Kier alpha value is -2.82. The van der Waals surface area contributed by atoms with Gasteiger partial charge in [0.25, 0.3) is 0 Å². The van der Waals surface area contributed by atoms with Crippen LogP contribution >= 0.6 is 7.37 Å². The molecule has 0 spiro atoms. The SMILES string of the molecule is O=C(CCCP(=O)(O)[C@H](O)c1ccc(C(F)(F)F)o1)OCNC(=O)OCc1ccccc1. The molecule has 0 aliphatic rings. The number of amides is 1. The van der Waals surface area contributed by atoms with E-state index in [9.17, 15) is 37.3 Å². The van der Waals surface area contributed by atoms with Crippen LogP contribution in [0.15, 0.2) is 46.9 Å². The molecule has 2 rings (SSSR count). The monoisotopic (exact) mass is 479 g/mol. The van der Waals surface area contributed by atoms with E-state index >= 15 is 0 Å². The molecule has 0 fully saturated rings. The Morgan fingerprint density at radius 2 is 1.81 bits per heavy atom. The molecule has 13 heteroatoms. The first kappa shape index (κ1) is 25.4. The molecule has 1 unspecified atom stereocenters. The molecule has 1 amide bonds. The molecule has 176 valence electrons. The van der Waals surface area contributed by atoms with Crippen molar-refractivity contribution in [3.05, 3.63) is 59.5 Å². The van der Waals surface area contributed by atoms with Crippen LogP contribution in [0.25, 0.3) is 0 Å². The lowest BCUT2D eigenvalue weighted by molar-refractivity contribution is -0.153. The highest BCUT2D eigenvalue weighted by molar-refractivity contribution is 7.58. The molecule has 1 heterocycles. The van der Waals surface area contributed by atoms with Crippen LogP contribution in [-0.4, -0.2) is 35.0 Å². The first-order valence-corrected chi connectivity index (χ1v) is 11.2. The molecule has 1 aromatic carbocycles. The average Bonchev–Trinajstić information content (AvgIpc) is 3.23. The number of ether oxygens (including phenoxy) is 2. The van der Waals surface area contributed by atoms with Crippen LogP contribution in [0, 0.1) is 0 Å². The number of aliphatic hydroxyl groups excluding tert-OH is 1. The number of aliphatic hydroxyl groups is 1. The third-order valence-corrected chi connectivity index (χ3v) is 6.04. The molecular weight excluding hydrogens is 458 g/mol. The van der Waals surface area contributed by atoms with Crippen molar-refractivity contribution in [2.45, 2.75) is 31.5 Å². The number of halogens is 3. The number of hydrogen-bond donors (Lipinski definition) is 3. The van der Waals surface area contributed by atoms with Crippen LogP contribution in [0.5, 0.6) is 0 Å². The lowest BCUT2D eigenvalue weighted by Gasteiger charge is -2.16. The maximum atomic E-state index is 12.5. The second-order valence-electron chi connectivity index (χ2n) is 6.56. The summed E-state index contributed by atoms with van der Waals surface area (Å²) in [5, 5.41) is 12.1. The summed E-state index contributed by atoms with van der Waals surface area (Å²) in [7, 11) is -4.38. The largest absolute Gasteiger partial charge is 0.453 e. The van der Waals surface area contributed by atoms with Crippen LogP contribution in [0.3, 0.4) is 0 Å². The van der Waals surface area contributed by atoms with Crippen LogP contribution in [-0.2, 0) is 31.6 Å². The van der Waals surface area contributed by atoms with Gasteiger partial charge in [0.05, 0.1) is 0 Å². The summed E-state index contributed by atoms with van der Waals surface area (Å²) < 4.78 is 63.8. The van der Waals surface area contributed by atoms with Crippen molar-refractivity contribution in [3.8, 4) is 0 Å². The molecule has 0 saturated carbocycles. The van der Waals surface area contributed by atoms with E-state index in [2.05, 4.69) is 9.73 Å². The third-order valence-electron chi connectivity index (χ3n) is 4.06. The number of rotatable bonds is 10. The van der Waals surface area contributed by atoms with E-state index in [0.717, 1.165) is 11.6 Å². The number of alkyl halides is 3. The predicted octanol–water partition coefficient (Wildman–Crippen LogP) is 3.77. The fourth-order valence-corrected chi connectivity index (χ4v) is 3.83. The fourth-order valence-electron chi connectivity index (χ4n) is 2.44. The lowest BCUT2D eigenvalue weighted by atomic mass is 10.2. The highest BCUT2D eigenvalue weighted by Gasteiger charge is 2.38. The molecule has 0 aliphatic carbocycles. The summed E-state index contributed by atoms with van der Waals surface area (Å²) >= 11 is 0. The van der Waals surface area contributed by atoms with Crippen molar-refractivity contribution in [2.75, 3.05) is 12.9 Å². The van der Waals surface area contributed by atoms with Gasteiger partial charge < -0.3 is 23.9 Å². The van der Waals surface area contributed by atoms with Crippen molar-refractivity contribution in [3.63, 3.8) is 0 Å². The zero-order valence-corrected chi connectivity index (χ0v) is 17.5. The minimum atomic E-state index is -4.80. The molecule has 2 aromatic rings. The fraction of sp³-hybridized carbons (Fsp3) is 0.368. The topological polar surface area (TPSA) is 135 Å². The van der Waals surface area contributed by atoms with Gasteiger partial charge in [0, 0.05) is 12.6 Å². The van der Waals surface area contributed by atoms with Crippen molar-refractivity contribution in [2.24, 2.45) is 0 Å². The van der Waals surface area contributed by atoms with E-state index in [4.69, 9.17) is 9.47 Å². The second kappa shape index (κ2) is 11.2. The van der Waals surface area contributed by atoms with E-state index in [-0.39, 0.29) is 19.4 Å². The third kappa shape index (κ3) is 8.03. The second-order valence-corrected chi connectivity index (χ2v) is 9.00. The molecule has 0 radical (unpaired) electrons. The van der Waals surface area contributed by atoms with Crippen LogP contribution in [0.4, 0.5) is 18.0 Å². The number of alkyl carbamates (subject to hydrolysis) is 1. The number of benzene rings is 1. The maximum absolute atomic E-state index is 12.5. The summed E-state index contributed by atoms with van der Waals surface area (Å²) in [4.78, 5) is 33.1. The number of nitrogens with one attached hydrogen (secondary N) is 1. The zero-order chi connectivity index (χ0) is 23.8. The molecule has 2 atom stereocenters. The van der Waals surface area contributed by atoms with Gasteiger partial charge in [-0.3, -0.25) is 14.7 Å². The first-order chi connectivity index (χ1) is 15.0. The predicted molar refractivity (Wildman–Crippen MR) is 103 cm³/mol. The number of carbonyl (C=O) groups is 2. The molecule has 32 heavy (non-hydrogen) atoms. The molecule has 3 N–H and O–H groups in total. The summed E-state index contributed by atoms with van der Waals surface area (Å²) in [6.07, 6.45) is -6.72. The van der Waals surface area contributed by atoms with Crippen LogP contribution < -0.4 is 5.32 Å². The summed E-state index contributed by atoms with van der Waals surface area (Å²) in [5.41, 5.74) is 0.763. The molecule has 9 nitrogen and oxygen atoms in total. The smallest absolute Gasteiger partial charge is 0.449 e. The van der Waals surface area contributed by atoms with Gasteiger partial charge in [-0.15, -0.1) is 0 Å². The van der Waals surface area contributed by atoms with Crippen molar-refractivity contribution in [1.82, 2.24) is 5.32 Å². The quantitative estimate of drug-likeness (QED) is 0.266. The Kier molecular flexibility index (Phi) is 8.88. The summed E-state index contributed by atoms with van der Waals surface area (Å²) in [6, 6.07) is 10.2. The molecular formula is C19H21F3NO8P. The van der Waals surface area contributed by atoms with Gasteiger partial charge in [0.15, 0.2) is 12.6 Å². The van der Waals surface area contributed by atoms with Gasteiger partial charge in [-0.1, -0.05) is 30.3 Å². The van der Waals surface area contributed by atoms with Crippen LogP contribution in [0.1, 0.15) is 35.8 Å². The molecule has 0 aliphatic heterocycles. The van der Waals surface area contributed by atoms with Gasteiger partial charge >= 0.3 is 18.2 Å². The number of carbonyl (C=O) groups excluding carboxylic acids is 2. The van der Waals surface area contributed by atoms with E-state index in [1.165, 1.54) is 0 Å². The van der Waals surface area contributed by atoms with Gasteiger partial charge in [0.1, 0.15) is 12.4 Å². The first-order valence-electron chi connectivity index (χ1n) is 9.25. The number of hydrogen-bond acceptors (Lipinski definition) is 7. The molecule has 0 saturated heterocycles. The Morgan fingerprint density at radius 3 is 2.44 bits per heavy atom. The minimum Gasteiger partial charge on any atom is -0.453 e. The highest BCUT2D eigenvalue weighted by Crippen LogP contribution is 2.55. The van der Waals surface area contributed by atoms with Gasteiger partial charge in [-0.2, -0.15) is 13.2 Å². The van der Waals surface area contributed by atoms with Crippen LogP contribution in [0.2, 0.25) is 0 Å². The van der Waals surface area contributed by atoms with Crippen molar-refractivity contribution < 1.29 is 51.2 Å². The van der Waals surface area contributed by atoms with Gasteiger partial charge in [-0.25, -0.2) is 4.79 Å². The maximum Gasteiger partial charge on any atom is 0.449 e. The number of esters is 1. The Morgan fingerprint density at radius 1 is 1.12 bits per heavy atom. The average molecular weight is 479 g/mol. The van der Waals surface area contributed by atoms with Crippen molar-refractivity contribution >= 4 is 19.4 Å². The van der Waals surface area contributed by atoms with Crippen molar-refractivity contribution in [1.29, 1.82) is 0 Å². The van der Waals surface area contributed by atoms with E-state index in [1.807, 2.05) is 0 Å². The zero-order valence-electron chi connectivity index (χ0n) is 16.6. The summed E-state index contributed by atoms with van der Waals surface area (Å²) in [5.74, 6) is -5.09. The standard InChI is InChI=1S/C19H21F3NO8P/c20-19(21,22)15-9-8-14(31-15)17(25)32(27,28)10-4-7-16(24)30-12-23-18(26)29-11-13-5-2-1-3-6-13/h1-3,5-6,8-9,17,25H,4,7,10-12H2,(H,23,26)(H,27,28)/t17-/m0/s1. The Balaban J connectivity index is 1.67. The van der Waals surface area contributed by atoms with E-state index in [0.29, 0.717) is 6.07 Å². The highest BCUT2D eigenvalue weighted by atomic mass is 31.2. The Bertz CT molecular complexity index is 948. The van der Waals surface area contributed by atoms with E-state index in [1.54, 1.807) is 30.3 Å². The normalized spacial score (nSPS) is 14.3. The molecule has 0 bridgehead atoms. The van der Waals surface area contributed by atoms with Gasteiger partial charge in [-0.05, 0) is 24.1 Å². The Labute approximate surface area is 180 Å².